The van der Waals surface area contributed by atoms with Crippen LogP contribution in [0.25, 0.3) is 0 Å². The smallest absolute Gasteiger partial charge is 0.119 e. The van der Waals surface area contributed by atoms with Crippen LogP contribution >= 0.6 is 0 Å². The van der Waals surface area contributed by atoms with Gasteiger partial charge in [0.1, 0.15) is 5.75 Å². The Morgan fingerprint density at radius 2 is 2.29 bits per heavy atom. The van der Waals surface area contributed by atoms with Crippen molar-refractivity contribution in [3.05, 3.63) is 29.3 Å². The zero-order chi connectivity index (χ0) is 12.1. The lowest BCUT2D eigenvalue weighted by Crippen LogP contribution is -2.25. The third kappa shape index (κ3) is 3.01. The summed E-state index contributed by atoms with van der Waals surface area (Å²) in [5.41, 5.74) is 3.01. The molecular formula is C15H23NO. The molecule has 1 aromatic rings. The van der Waals surface area contributed by atoms with E-state index in [1.165, 1.54) is 36.8 Å². The molecule has 2 rings (SSSR count). The van der Waals surface area contributed by atoms with Gasteiger partial charge >= 0.3 is 0 Å². The van der Waals surface area contributed by atoms with Crippen molar-refractivity contribution in [2.75, 3.05) is 20.2 Å². The van der Waals surface area contributed by atoms with Gasteiger partial charge in [0.2, 0.25) is 0 Å². The zero-order valence-electron chi connectivity index (χ0n) is 11.0. The highest BCUT2D eigenvalue weighted by molar-refractivity contribution is 5.39. The Bertz CT molecular complexity index is 362. The van der Waals surface area contributed by atoms with Gasteiger partial charge in [0.25, 0.3) is 0 Å². The second-order valence-electron chi connectivity index (χ2n) is 4.86. The van der Waals surface area contributed by atoms with Gasteiger partial charge in [-0.25, -0.2) is 0 Å². The standard InChI is InChI=1S/C15H23NO/c1-3-9-16-11-13-6-4-5-12-10-14(17-2)7-8-15(12)13/h7-8,10,13,16H,3-6,9,11H2,1-2H3. The van der Waals surface area contributed by atoms with Crippen LogP contribution in [-0.4, -0.2) is 20.2 Å². The monoisotopic (exact) mass is 233 g/mol. The first kappa shape index (κ1) is 12.4. The van der Waals surface area contributed by atoms with Crippen molar-refractivity contribution in [1.29, 1.82) is 0 Å². The second-order valence-corrected chi connectivity index (χ2v) is 4.86. The zero-order valence-corrected chi connectivity index (χ0v) is 11.0. The lowest BCUT2D eigenvalue weighted by molar-refractivity contribution is 0.412. The summed E-state index contributed by atoms with van der Waals surface area (Å²) in [6, 6.07) is 6.56. The summed E-state index contributed by atoms with van der Waals surface area (Å²) in [6.45, 7) is 4.46. The molecule has 0 spiro atoms. The first-order chi connectivity index (χ1) is 8.35. The largest absolute Gasteiger partial charge is 0.497 e. The fraction of sp³-hybridized carbons (Fsp3) is 0.600. The number of hydrogen-bond acceptors (Lipinski definition) is 2. The Hall–Kier alpha value is -1.02. The number of hydrogen-bond donors (Lipinski definition) is 1. The summed E-state index contributed by atoms with van der Waals surface area (Å²) in [4.78, 5) is 0. The third-order valence-electron chi connectivity index (χ3n) is 3.61. The molecule has 1 aromatic carbocycles. The molecule has 2 heteroatoms. The fourth-order valence-electron chi connectivity index (χ4n) is 2.68. The Balaban J connectivity index is 2.08. The number of fused-ring (bicyclic) bond motifs is 1. The first-order valence-electron chi connectivity index (χ1n) is 6.72. The summed E-state index contributed by atoms with van der Waals surface area (Å²) in [6.07, 6.45) is 5.04. The van der Waals surface area contributed by atoms with Crippen molar-refractivity contribution in [1.82, 2.24) is 5.32 Å². The molecule has 0 amide bonds. The minimum atomic E-state index is 0.691. The third-order valence-corrected chi connectivity index (χ3v) is 3.61. The Kier molecular flexibility index (Phi) is 4.43. The van der Waals surface area contributed by atoms with Crippen LogP contribution in [0.2, 0.25) is 0 Å². The molecule has 0 bridgehead atoms. The summed E-state index contributed by atoms with van der Waals surface area (Å²) in [5, 5.41) is 3.54. The van der Waals surface area contributed by atoms with Gasteiger partial charge < -0.3 is 10.1 Å². The molecule has 0 radical (unpaired) electrons. The molecule has 2 nitrogen and oxygen atoms in total. The van der Waals surface area contributed by atoms with Crippen LogP contribution in [0, 0.1) is 0 Å². The number of nitrogens with one attached hydrogen (secondary N) is 1. The van der Waals surface area contributed by atoms with Crippen LogP contribution in [0.3, 0.4) is 0 Å². The molecule has 1 N–H and O–H groups in total. The highest BCUT2D eigenvalue weighted by Crippen LogP contribution is 2.33. The summed E-state index contributed by atoms with van der Waals surface area (Å²) in [7, 11) is 1.74. The molecule has 1 unspecified atom stereocenters. The molecule has 1 atom stereocenters. The topological polar surface area (TPSA) is 21.3 Å². The maximum Gasteiger partial charge on any atom is 0.119 e. The van der Waals surface area contributed by atoms with Crippen LogP contribution in [0.15, 0.2) is 18.2 Å². The second kappa shape index (κ2) is 6.06. The highest BCUT2D eigenvalue weighted by Gasteiger charge is 2.19. The number of rotatable bonds is 5. The van der Waals surface area contributed by atoms with E-state index in [4.69, 9.17) is 4.74 Å². The normalized spacial score (nSPS) is 18.8. The van der Waals surface area contributed by atoms with E-state index in [2.05, 4.69) is 30.4 Å². The van der Waals surface area contributed by atoms with Gasteiger partial charge in [-0.2, -0.15) is 0 Å². The predicted molar refractivity (Wildman–Crippen MR) is 71.8 cm³/mol. The summed E-state index contributed by atoms with van der Waals surface area (Å²) < 4.78 is 5.30. The SMILES string of the molecule is CCCNCC1CCCc2cc(OC)ccc21. The van der Waals surface area contributed by atoms with Crippen molar-refractivity contribution < 1.29 is 4.74 Å². The molecule has 0 fully saturated rings. The average Bonchev–Trinajstić information content (AvgIpc) is 2.38. The van der Waals surface area contributed by atoms with E-state index < -0.39 is 0 Å². The molecule has 0 saturated heterocycles. The summed E-state index contributed by atoms with van der Waals surface area (Å²) >= 11 is 0. The number of methoxy groups -OCH3 is 1. The van der Waals surface area contributed by atoms with Gasteiger partial charge in [-0.1, -0.05) is 13.0 Å². The lowest BCUT2D eigenvalue weighted by atomic mass is 9.82. The number of benzene rings is 1. The van der Waals surface area contributed by atoms with Crippen LogP contribution in [0.5, 0.6) is 5.75 Å². The molecule has 0 aliphatic heterocycles. The van der Waals surface area contributed by atoms with Crippen LogP contribution < -0.4 is 10.1 Å². The molecule has 17 heavy (non-hydrogen) atoms. The number of ether oxygens (including phenoxy) is 1. The van der Waals surface area contributed by atoms with Gasteiger partial charge in [0, 0.05) is 6.54 Å². The van der Waals surface area contributed by atoms with Crippen molar-refractivity contribution in [2.24, 2.45) is 0 Å². The average molecular weight is 233 g/mol. The van der Waals surface area contributed by atoms with E-state index >= 15 is 0 Å². The van der Waals surface area contributed by atoms with Gasteiger partial charge in [0.15, 0.2) is 0 Å². The summed E-state index contributed by atoms with van der Waals surface area (Å²) in [5.74, 6) is 1.68. The lowest BCUT2D eigenvalue weighted by Gasteiger charge is -2.26. The van der Waals surface area contributed by atoms with E-state index in [1.54, 1.807) is 7.11 Å². The van der Waals surface area contributed by atoms with Crippen molar-refractivity contribution in [3.8, 4) is 5.75 Å². The van der Waals surface area contributed by atoms with Gasteiger partial charge in [-0.15, -0.1) is 0 Å². The fourth-order valence-corrected chi connectivity index (χ4v) is 2.68. The predicted octanol–water partition coefficient (Wildman–Crippen LogP) is 3.11. The van der Waals surface area contributed by atoms with Crippen molar-refractivity contribution in [2.45, 2.75) is 38.5 Å². The van der Waals surface area contributed by atoms with E-state index in [-0.39, 0.29) is 0 Å². The van der Waals surface area contributed by atoms with Crippen molar-refractivity contribution in [3.63, 3.8) is 0 Å². The molecular weight excluding hydrogens is 210 g/mol. The van der Waals surface area contributed by atoms with Crippen LogP contribution in [-0.2, 0) is 6.42 Å². The molecule has 0 heterocycles. The van der Waals surface area contributed by atoms with E-state index in [1.807, 2.05) is 0 Å². The Morgan fingerprint density at radius 3 is 3.06 bits per heavy atom. The van der Waals surface area contributed by atoms with E-state index in [9.17, 15) is 0 Å². The molecule has 1 aliphatic carbocycles. The maximum atomic E-state index is 5.30. The Labute approximate surface area is 104 Å². The van der Waals surface area contributed by atoms with E-state index in [0.717, 1.165) is 18.8 Å². The van der Waals surface area contributed by atoms with Gasteiger partial charge in [-0.3, -0.25) is 0 Å². The van der Waals surface area contributed by atoms with Crippen molar-refractivity contribution >= 4 is 0 Å². The molecule has 94 valence electrons. The van der Waals surface area contributed by atoms with Crippen LogP contribution in [0.4, 0.5) is 0 Å². The van der Waals surface area contributed by atoms with Crippen LogP contribution in [0.1, 0.15) is 43.2 Å². The minimum absolute atomic E-state index is 0.691. The Morgan fingerprint density at radius 1 is 1.41 bits per heavy atom. The number of aryl methyl sites for hydroxylation is 1. The first-order valence-corrected chi connectivity index (χ1v) is 6.72. The quantitative estimate of drug-likeness (QED) is 0.789. The van der Waals surface area contributed by atoms with Gasteiger partial charge in [0.05, 0.1) is 7.11 Å². The molecule has 1 aliphatic rings. The minimum Gasteiger partial charge on any atom is -0.497 e. The van der Waals surface area contributed by atoms with E-state index in [0.29, 0.717) is 5.92 Å². The molecule has 0 aromatic heterocycles. The molecule has 0 saturated carbocycles. The highest BCUT2D eigenvalue weighted by atomic mass is 16.5. The van der Waals surface area contributed by atoms with Gasteiger partial charge in [-0.05, 0) is 61.4 Å². The maximum absolute atomic E-state index is 5.30.